The Morgan fingerprint density at radius 2 is 2.07 bits per heavy atom. The van der Waals surface area contributed by atoms with E-state index in [1.54, 1.807) is 37.3 Å². The van der Waals surface area contributed by atoms with E-state index in [2.05, 4.69) is 10.6 Å². The number of furan rings is 1. The molecule has 3 heterocycles. The molecular weight excluding hydrogens is 408 g/mol. The van der Waals surface area contributed by atoms with Crippen LogP contribution in [-0.4, -0.2) is 31.2 Å². The van der Waals surface area contributed by atoms with Crippen LogP contribution in [0.1, 0.15) is 42.2 Å². The van der Waals surface area contributed by atoms with Crippen molar-refractivity contribution in [1.29, 1.82) is 0 Å². The van der Waals surface area contributed by atoms with Crippen LogP contribution in [0.2, 0.25) is 0 Å². The smallest absolute Gasteiger partial charge is 0.338 e. The number of ether oxygens (including phenoxy) is 2. The number of urea groups is 1. The highest BCUT2D eigenvalue weighted by molar-refractivity contribution is 7.09. The number of hydrogen-bond donors (Lipinski definition) is 2. The first-order valence-corrected chi connectivity index (χ1v) is 10.6. The van der Waals surface area contributed by atoms with Crippen LogP contribution >= 0.6 is 11.3 Å². The third-order valence-corrected chi connectivity index (χ3v) is 5.39. The highest BCUT2D eigenvalue weighted by Gasteiger charge is 2.35. The van der Waals surface area contributed by atoms with Gasteiger partial charge in [-0.2, -0.15) is 0 Å². The van der Waals surface area contributed by atoms with Gasteiger partial charge in [0.05, 0.1) is 17.9 Å². The Balaban J connectivity index is 1.71. The van der Waals surface area contributed by atoms with E-state index in [0.29, 0.717) is 17.9 Å². The predicted octanol–water partition coefficient (Wildman–Crippen LogP) is 3.39. The van der Waals surface area contributed by atoms with E-state index in [1.165, 1.54) is 4.88 Å². The molecule has 30 heavy (non-hydrogen) atoms. The first-order valence-electron chi connectivity index (χ1n) is 9.70. The van der Waals surface area contributed by atoms with Crippen molar-refractivity contribution in [3.8, 4) is 0 Å². The maximum atomic E-state index is 12.6. The van der Waals surface area contributed by atoms with Gasteiger partial charge in [0.1, 0.15) is 24.2 Å². The summed E-state index contributed by atoms with van der Waals surface area (Å²) in [6, 6.07) is 6.05. The summed E-state index contributed by atoms with van der Waals surface area (Å²) in [5.41, 5.74) is 0.333. The van der Waals surface area contributed by atoms with Gasteiger partial charge in [0.2, 0.25) is 0 Å². The second kappa shape index (κ2) is 10.1. The van der Waals surface area contributed by atoms with Gasteiger partial charge in [-0.3, -0.25) is 4.79 Å². The van der Waals surface area contributed by atoms with E-state index in [1.807, 2.05) is 17.5 Å². The summed E-state index contributed by atoms with van der Waals surface area (Å²) >= 11 is 1.64. The van der Waals surface area contributed by atoms with Gasteiger partial charge in [-0.1, -0.05) is 6.07 Å². The first kappa shape index (κ1) is 21.6. The fourth-order valence-electron chi connectivity index (χ4n) is 3.09. The average molecular weight is 432 g/mol. The number of nitrogens with one attached hydrogen (secondary N) is 2. The molecule has 0 saturated carbocycles. The van der Waals surface area contributed by atoms with Crippen LogP contribution in [-0.2, 0) is 25.5 Å². The van der Waals surface area contributed by atoms with Crippen molar-refractivity contribution < 1.29 is 28.3 Å². The number of rotatable bonds is 9. The van der Waals surface area contributed by atoms with E-state index >= 15 is 0 Å². The number of thiophene rings is 1. The molecule has 0 saturated heterocycles. The molecule has 8 nitrogen and oxygen atoms in total. The van der Waals surface area contributed by atoms with Crippen LogP contribution in [0, 0.1) is 6.92 Å². The molecule has 0 bridgehead atoms. The van der Waals surface area contributed by atoms with Crippen LogP contribution in [0.5, 0.6) is 0 Å². The number of carbonyl (C=O) groups is 3. The van der Waals surface area contributed by atoms with Crippen LogP contribution in [0.25, 0.3) is 0 Å². The summed E-state index contributed by atoms with van der Waals surface area (Å²) in [6.45, 7) is 3.37. The highest BCUT2D eigenvalue weighted by atomic mass is 32.1. The van der Waals surface area contributed by atoms with Gasteiger partial charge in [0, 0.05) is 11.3 Å². The van der Waals surface area contributed by atoms with Gasteiger partial charge in [-0.05, 0) is 50.3 Å². The molecule has 1 aliphatic heterocycles. The summed E-state index contributed by atoms with van der Waals surface area (Å²) in [6.07, 6.45) is 1.70. The largest absolute Gasteiger partial charge is 0.464 e. The molecule has 1 atom stereocenters. The molecule has 1 unspecified atom stereocenters. The molecule has 2 aromatic rings. The van der Waals surface area contributed by atoms with Crippen LogP contribution in [0.15, 0.2) is 45.3 Å². The molecular formula is C21H24N2O6S. The normalized spacial score (nSPS) is 16.1. The van der Waals surface area contributed by atoms with E-state index in [4.69, 9.17) is 13.9 Å². The quantitative estimate of drug-likeness (QED) is 0.588. The Kier molecular flexibility index (Phi) is 7.29. The molecule has 0 fully saturated rings. The minimum atomic E-state index is -0.834. The van der Waals surface area contributed by atoms with Crippen LogP contribution in [0.4, 0.5) is 4.79 Å². The van der Waals surface area contributed by atoms with Crippen molar-refractivity contribution in [2.24, 2.45) is 0 Å². The van der Waals surface area contributed by atoms with Crippen LogP contribution < -0.4 is 10.6 Å². The molecule has 0 aromatic carbocycles. The SMILES string of the molecule is CCOC(=O)C1=C(COC(=O)CCCc2cccs2)NC(=O)NC1c1ccc(C)o1. The monoisotopic (exact) mass is 432 g/mol. The second-order valence-corrected chi connectivity index (χ2v) is 7.72. The van der Waals surface area contributed by atoms with Crippen molar-refractivity contribution in [3.05, 3.63) is 57.3 Å². The lowest BCUT2D eigenvalue weighted by Crippen LogP contribution is -2.47. The van der Waals surface area contributed by atoms with Gasteiger partial charge in [0.25, 0.3) is 0 Å². The summed E-state index contributed by atoms with van der Waals surface area (Å²) in [4.78, 5) is 38.1. The lowest BCUT2D eigenvalue weighted by Gasteiger charge is -2.27. The van der Waals surface area contributed by atoms with Crippen molar-refractivity contribution in [2.75, 3.05) is 13.2 Å². The molecule has 2 amide bonds. The predicted molar refractivity (Wildman–Crippen MR) is 110 cm³/mol. The van der Waals surface area contributed by atoms with E-state index in [-0.39, 0.29) is 30.9 Å². The fourth-order valence-corrected chi connectivity index (χ4v) is 3.84. The summed E-state index contributed by atoms with van der Waals surface area (Å²) in [7, 11) is 0. The Hall–Kier alpha value is -3.07. The summed E-state index contributed by atoms with van der Waals surface area (Å²) in [5.74, 6) is 0.0122. The Morgan fingerprint density at radius 3 is 2.73 bits per heavy atom. The maximum absolute atomic E-state index is 12.6. The van der Waals surface area contributed by atoms with Gasteiger partial charge in [-0.25, -0.2) is 9.59 Å². The fraction of sp³-hybridized carbons (Fsp3) is 0.381. The van der Waals surface area contributed by atoms with Crippen molar-refractivity contribution in [1.82, 2.24) is 10.6 Å². The maximum Gasteiger partial charge on any atom is 0.338 e. The zero-order chi connectivity index (χ0) is 21.5. The Labute approximate surface area is 178 Å². The second-order valence-electron chi connectivity index (χ2n) is 6.69. The summed E-state index contributed by atoms with van der Waals surface area (Å²) in [5, 5.41) is 7.21. The number of aryl methyl sites for hydroxylation is 2. The van der Waals surface area contributed by atoms with E-state index < -0.39 is 24.0 Å². The van der Waals surface area contributed by atoms with Crippen molar-refractivity contribution in [2.45, 2.75) is 39.2 Å². The third-order valence-electron chi connectivity index (χ3n) is 4.46. The molecule has 160 valence electrons. The number of hydrogen-bond acceptors (Lipinski definition) is 7. The molecule has 2 aromatic heterocycles. The topological polar surface area (TPSA) is 107 Å². The molecule has 9 heteroatoms. The van der Waals surface area contributed by atoms with Crippen molar-refractivity contribution >= 4 is 29.3 Å². The molecule has 2 N–H and O–H groups in total. The zero-order valence-corrected chi connectivity index (χ0v) is 17.7. The molecule has 3 rings (SSSR count). The van der Waals surface area contributed by atoms with Gasteiger partial charge in [-0.15, -0.1) is 11.3 Å². The minimum absolute atomic E-state index is 0.150. The number of amides is 2. The van der Waals surface area contributed by atoms with Gasteiger partial charge >= 0.3 is 18.0 Å². The van der Waals surface area contributed by atoms with Gasteiger partial charge in [0.15, 0.2) is 0 Å². The third kappa shape index (κ3) is 5.50. The molecule has 0 spiro atoms. The Bertz CT molecular complexity index is 931. The van der Waals surface area contributed by atoms with E-state index in [0.717, 1.165) is 6.42 Å². The summed E-state index contributed by atoms with van der Waals surface area (Å²) < 4.78 is 16.1. The number of esters is 2. The van der Waals surface area contributed by atoms with Gasteiger partial charge < -0.3 is 24.5 Å². The lowest BCUT2D eigenvalue weighted by molar-refractivity contribution is -0.143. The first-order chi connectivity index (χ1) is 14.5. The molecule has 1 aliphatic rings. The average Bonchev–Trinajstić information content (AvgIpc) is 3.37. The number of carbonyl (C=O) groups excluding carboxylic acids is 3. The van der Waals surface area contributed by atoms with Crippen LogP contribution in [0.3, 0.4) is 0 Å². The molecule has 0 aliphatic carbocycles. The minimum Gasteiger partial charge on any atom is -0.464 e. The standard InChI is InChI=1S/C21H24N2O6S/c1-3-27-20(25)18-15(12-28-17(24)8-4-6-14-7-5-11-30-14)22-21(26)23-19(18)16-10-9-13(2)29-16/h5,7,9-11,19H,3-4,6,8,12H2,1-2H3,(H2,22,23,26). The van der Waals surface area contributed by atoms with E-state index in [9.17, 15) is 14.4 Å². The zero-order valence-electron chi connectivity index (χ0n) is 16.9. The lowest BCUT2D eigenvalue weighted by atomic mass is 10.0. The Morgan fingerprint density at radius 1 is 1.23 bits per heavy atom. The molecule has 0 radical (unpaired) electrons. The van der Waals surface area contributed by atoms with Crippen molar-refractivity contribution in [3.63, 3.8) is 0 Å². The highest BCUT2D eigenvalue weighted by Crippen LogP contribution is 2.29.